The summed E-state index contributed by atoms with van der Waals surface area (Å²) in [6.07, 6.45) is 2.49. The van der Waals surface area contributed by atoms with Gasteiger partial charge in [0, 0.05) is 25.0 Å². The molecule has 6 nitrogen and oxygen atoms in total. The monoisotopic (exact) mass is 283 g/mol. The zero-order valence-corrected chi connectivity index (χ0v) is 11.7. The fourth-order valence-electron chi connectivity index (χ4n) is 1.35. The van der Waals surface area contributed by atoms with E-state index in [0.29, 0.717) is 10.9 Å². The molecule has 0 fully saturated rings. The third-order valence-corrected chi connectivity index (χ3v) is 3.96. The summed E-state index contributed by atoms with van der Waals surface area (Å²) in [7, 11) is 1.90. The first kappa shape index (κ1) is 13.0. The molecule has 0 radical (unpaired) electrons. The van der Waals surface area contributed by atoms with Crippen LogP contribution < -0.4 is 5.32 Å². The highest BCUT2D eigenvalue weighted by Crippen LogP contribution is 2.17. The molecule has 2 aromatic rings. The smallest absolute Gasteiger partial charge is 0.236 e. The quantitative estimate of drug-likeness (QED) is 0.843. The van der Waals surface area contributed by atoms with Crippen molar-refractivity contribution in [2.45, 2.75) is 18.5 Å². The molecular formula is C10H13N5OS2. The Morgan fingerprint density at radius 1 is 1.56 bits per heavy atom. The lowest BCUT2D eigenvalue weighted by Gasteiger charge is -2.02. The number of thioether (sulfide) groups is 1. The number of aromatic nitrogens is 4. The molecule has 2 rings (SSSR count). The first-order valence-corrected chi connectivity index (χ1v) is 7.27. The van der Waals surface area contributed by atoms with Crippen LogP contribution in [0.4, 0.5) is 5.13 Å². The fourth-order valence-corrected chi connectivity index (χ4v) is 2.62. The number of nitrogens with one attached hydrogen (secondary N) is 1. The van der Waals surface area contributed by atoms with Crippen LogP contribution in [0.2, 0.25) is 0 Å². The number of thiazole rings is 1. The maximum absolute atomic E-state index is 11.6. The van der Waals surface area contributed by atoms with Crippen LogP contribution in [0.1, 0.15) is 12.7 Å². The Morgan fingerprint density at radius 2 is 2.39 bits per heavy atom. The highest BCUT2D eigenvalue weighted by molar-refractivity contribution is 7.99. The largest absolute Gasteiger partial charge is 0.309 e. The molecule has 96 valence electrons. The third kappa shape index (κ3) is 3.08. The molecular weight excluding hydrogens is 270 g/mol. The Bertz CT molecular complexity index is 522. The van der Waals surface area contributed by atoms with Gasteiger partial charge in [0.05, 0.1) is 5.75 Å². The zero-order chi connectivity index (χ0) is 13.0. The molecule has 0 spiro atoms. The van der Waals surface area contributed by atoms with E-state index < -0.39 is 0 Å². The van der Waals surface area contributed by atoms with E-state index in [1.165, 1.54) is 23.1 Å². The van der Waals surface area contributed by atoms with Crippen molar-refractivity contribution in [1.29, 1.82) is 0 Å². The maximum Gasteiger partial charge on any atom is 0.236 e. The minimum Gasteiger partial charge on any atom is -0.309 e. The van der Waals surface area contributed by atoms with Crippen molar-refractivity contribution in [2.75, 3.05) is 11.1 Å². The van der Waals surface area contributed by atoms with Gasteiger partial charge < -0.3 is 9.88 Å². The van der Waals surface area contributed by atoms with E-state index >= 15 is 0 Å². The lowest BCUT2D eigenvalue weighted by atomic mass is 10.5. The topological polar surface area (TPSA) is 72.7 Å². The van der Waals surface area contributed by atoms with Gasteiger partial charge in [-0.15, -0.1) is 21.5 Å². The van der Waals surface area contributed by atoms with Gasteiger partial charge in [-0.1, -0.05) is 18.7 Å². The standard InChI is InChI=1S/C10H13N5OS2/c1-3-7-13-14-10(15(7)2)18-6-8(16)12-9-11-4-5-17-9/h4-5H,3,6H2,1-2H3,(H,11,12,16). The van der Waals surface area contributed by atoms with Crippen LogP contribution in [-0.2, 0) is 18.3 Å². The van der Waals surface area contributed by atoms with Crippen LogP contribution in [-0.4, -0.2) is 31.4 Å². The maximum atomic E-state index is 11.6. The molecule has 0 saturated heterocycles. The SMILES string of the molecule is CCc1nnc(SCC(=O)Nc2nccs2)n1C. The molecule has 0 unspecified atom stereocenters. The molecule has 0 aliphatic heterocycles. The zero-order valence-electron chi connectivity index (χ0n) is 10.1. The molecule has 0 aliphatic rings. The van der Waals surface area contributed by atoms with E-state index in [1.807, 2.05) is 23.9 Å². The molecule has 2 heterocycles. The minimum absolute atomic E-state index is 0.0870. The number of carbonyl (C=O) groups is 1. The Labute approximate surface area is 113 Å². The summed E-state index contributed by atoms with van der Waals surface area (Å²) >= 11 is 2.77. The second-order valence-electron chi connectivity index (χ2n) is 3.49. The highest BCUT2D eigenvalue weighted by atomic mass is 32.2. The third-order valence-electron chi connectivity index (χ3n) is 2.25. The van der Waals surface area contributed by atoms with Gasteiger partial charge in [-0.05, 0) is 0 Å². The van der Waals surface area contributed by atoms with Crippen molar-refractivity contribution in [2.24, 2.45) is 7.05 Å². The molecule has 2 aromatic heterocycles. The van der Waals surface area contributed by atoms with Crippen molar-refractivity contribution < 1.29 is 4.79 Å². The van der Waals surface area contributed by atoms with Gasteiger partial charge in [-0.3, -0.25) is 4.79 Å². The van der Waals surface area contributed by atoms with E-state index in [9.17, 15) is 4.79 Å². The molecule has 0 atom stereocenters. The molecule has 0 bridgehead atoms. The number of hydrogen-bond donors (Lipinski definition) is 1. The van der Waals surface area contributed by atoms with Crippen LogP contribution >= 0.6 is 23.1 Å². The lowest BCUT2D eigenvalue weighted by molar-refractivity contribution is -0.113. The van der Waals surface area contributed by atoms with Crippen LogP contribution in [0.15, 0.2) is 16.7 Å². The highest BCUT2D eigenvalue weighted by Gasteiger charge is 2.10. The summed E-state index contributed by atoms with van der Waals surface area (Å²) in [6.45, 7) is 2.02. The molecule has 8 heteroatoms. The average Bonchev–Trinajstić information content (AvgIpc) is 2.97. The normalized spacial score (nSPS) is 10.6. The van der Waals surface area contributed by atoms with Gasteiger partial charge >= 0.3 is 0 Å². The first-order valence-electron chi connectivity index (χ1n) is 5.41. The van der Waals surface area contributed by atoms with Crippen molar-refractivity contribution >= 4 is 34.1 Å². The Morgan fingerprint density at radius 3 is 3.00 bits per heavy atom. The number of anilines is 1. The molecule has 1 N–H and O–H groups in total. The first-order chi connectivity index (χ1) is 8.70. The summed E-state index contributed by atoms with van der Waals surface area (Å²) in [4.78, 5) is 15.6. The van der Waals surface area contributed by atoms with E-state index in [1.54, 1.807) is 6.20 Å². The van der Waals surface area contributed by atoms with Crippen LogP contribution in [0, 0.1) is 0 Å². The van der Waals surface area contributed by atoms with Gasteiger partial charge in [0.1, 0.15) is 5.82 Å². The Kier molecular flexibility index (Phi) is 4.32. The predicted molar refractivity (Wildman–Crippen MR) is 71.8 cm³/mol. The Hall–Kier alpha value is -1.41. The van der Waals surface area contributed by atoms with E-state index in [-0.39, 0.29) is 5.91 Å². The number of aryl methyl sites for hydroxylation is 1. The van der Waals surface area contributed by atoms with Crippen molar-refractivity contribution in [1.82, 2.24) is 19.7 Å². The van der Waals surface area contributed by atoms with Gasteiger partial charge in [0.25, 0.3) is 0 Å². The number of carbonyl (C=O) groups excluding carboxylic acids is 1. The Balaban J connectivity index is 1.87. The van der Waals surface area contributed by atoms with E-state index in [4.69, 9.17) is 0 Å². The number of nitrogens with zero attached hydrogens (tertiary/aromatic N) is 4. The lowest BCUT2D eigenvalue weighted by Crippen LogP contribution is -2.14. The fraction of sp³-hybridized carbons (Fsp3) is 0.400. The van der Waals surface area contributed by atoms with Gasteiger partial charge in [0.2, 0.25) is 5.91 Å². The molecule has 0 aromatic carbocycles. The minimum atomic E-state index is -0.0870. The van der Waals surface area contributed by atoms with Gasteiger partial charge in [-0.25, -0.2) is 4.98 Å². The molecule has 0 aliphatic carbocycles. The van der Waals surface area contributed by atoms with Crippen molar-refractivity contribution in [3.63, 3.8) is 0 Å². The van der Waals surface area contributed by atoms with Crippen LogP contribution in [0.3, 0.4) is 0 Å². The van der Waals surface area contributed by atoms with Crippen molar-refractivity contribution in [3.05, 3.63) is 17.4 Å². The number of hydrogen-bond acceptors (Lipinski definition) is 6. The predicted octanol–water partition coefficient (Wildman–Crippen LogP) is 1.56. The van der Waals surface area contributed by atoms with E-state index in [0.717, 1.165) is 17.4 Å². The summed E-state index contributed by atoms with van der Waals surface area (Å²) < 4.78 is 1.90. The molecule has 18 heavy (non-hydrogen) atoms. The van der Waals surface area contributed by atoms with Gasteiger partial charge in [-0.2, -0.15) is 0 Å². The summed E-state index contributed by atoms with van der Waals surface area (Å²) in [5, 5.41) is 14.0. The van der Waals surface area contributed by atoms with E-state index in [2.05, 4.69) is 20.5 Å². The van der Waals surface area contributed by atoms with Crippen molar-refractivity contribution in [3.8, 4) is 0 Å². The average molecular weight is 283 g/mol. The van der Waals surface area contributed by atoms with Gasteiger partial charge in [0.15, 0.2) is 10.3 Å². The summed E-state index contributed by atoms with van der Waals surface area (Å²) in [6, 6.07) is 0. The van der Waals surface area contributed by atoms with Crippen LogP contribution in [0.25, 0.3) is 0 Å². The second kappa shape index (κ2) is 5.96. The number of rotatable bonds is 5. The second-order valence-corrected chi connectivity index (χ2v) is 5.32. The molecule has 0 saturated carbocycles. The van der Waals surface area contributed by atoms with Crippen LogP contribution in [0.5, 0.6) is 0 Å². The summed E-state index contributed by atoms with van der Waals surface area (Å²) in [5.74, 6) is 1.13. The number of amides is 1. The molecule has 1 amide bonds. The summed E-state index contributed by atoms with van der Waals surface area (Å²) in [5.41, 5.74) is 0.